The Labute approximate surface area is 236 Å². The first kappa shape index (κ1) is 29.6. The van der Waals surface area contributed by atoms with Crippen LogP contribution >= 0.6 is 0 Å². The quantitative estimate of drug-likeness (QED) is 0.197. The molecule has 0 aliphatic carbocycles. The number of amides is 3. The van der Waals surface area contributed by atoms with Gasteiger partial charge in [-0.15, -0.1) is 0 Å². The third-order valence-electron chi connectivity index (χ3n) is 6.68. The standard InChI is InChI=1S/C31H39N3O6/c1-31(2)39-22-25-19-24(13-14-28(25)40-31)27(35)20-32-15-6-3-4-7-16-38-17-8-5-10-23-11-9-12-26(18-23)34-29(36)21-33-30(34)37/h9,11-14,18-19,27,32,35H,3-4,6-8,15-17,20-22H2,1-2H3,(H,33,37)/t27-/m0/s1. The van der Waals surface area contributed by atoms with Gasteiger partial charge in [-0.1, -0.05) is 36.8 Å². The van der Waals surface area contributed by atoms with E-state index in [4.69, 9.17) is 14.2 Å². The highest BCUT2D eigenvalue weighted by atomic mass is 16.7. The Hall–Kier alpha value is -3.42. The number of rotatable bonds is 13. The minimum atomic E-state index is -0.620. The van der Waals surface area contributed by atoms with Crippen LogP contribution in [0.15, 0.2) is 42.5 Å². The molecular formula is C31H39N3O6. The Bertz CT molecular complexity index is 1220. The summed E-state index contributed by atoms with van der Waals surface area (Å²) < 4.78 is 17.2. The van der Waals surface area contributed by atoms with E-state index in [1.165, 1.54) is 0 Å². The summed E-state index contributed by atoms with van der Waals surface area (Å²) in [7, 11) is 0. The first-order chi connectivity index (χ1) is 19.3. The molecule has 2 aliphatic heterocycles. The van der Waals surface area contributed by atoms with Crippen LogP contribution in [0.3, 0.4) is 0 Å². The second-order valence-electron chi connectivity index (χ2n) is 10.4. The normalized spacial score (nSPS) is 16.5. The van der Waals surface area contributed by atoms with Gasteiger partial charge in [0.25, 0.3) is 5.91 Å². The van der Waals surface area contributed by atoms with Crippen LogP contribution in [0.1, 0.15) is 68.7 Å². The SMILES string of the molecule is CC1(C)OCc2cc([C@@H](O)CNCCCCCCOCCC#Cc3cccc(N4C(=O)CNC4=O)c3)ccc2O1. The van der Waals surface area contributed by atoms with Crippen molar-refractivity contribution in [2.24, 2.45) is 0 Å². The number of imide groups is 1. The van der Waals surface area contributed by atoms with Crippen LogP contribution in [0.25, 0.3) is 0 Å². The maximum atomic E-state index is 11.9. The summed E-state index contributed by atoms with van der Waals surface area (Å²) in [4.78, 5) is 24.8. The van der Waals surface area contributed by atoms with Crippen molar-refractivity contribution in [2.45, 2.75) is 64.4 Å². The number of nitrogens with zero attached hydrogens (tertiary/aromatic N) is 1. The van der Waals surface area contributed by atoms with Crippen molar-refractivity contribution >= 4 is 17.6 Å². The van der Waals surface area contributed by atoms with E-state index >= 15 is 0 Å². The van der Waals surface area contributed by atoms with E-state index in [9.17, 15) is 14.7 Å². The molecule has 3 amide bonds. The predicted octanol–water partition coefficient (Wildman–Crippen LogP) is 4.03. The fraction of sp³-hybridized carbons (Fsp3) is 0.484. The highest BCUT2D eigenvalue weighted by Crippen LogP contribution is 2.32. The van der Waals surface area contributed by atoms with E-state index in [2.05, 4.69) is 22.5 Å². The van der Waals surface area contributed by atoms with Gasteiger partial charge in [0, 0.05) is 44.5 Å². The third-order valence-corrected chi connectivity index (χ3v) is 6.68. The Kier molecular flexibility index (Phi) is 10.6. The number of unbranched alkanes of at least 4 members (excludes halogenated alkanes) is 3. The molecule has 2 aromatic carbocycles. The molecule has 9 heteroatoms. The smallest absolute Gasteiger partial charge is 0.329 e. The second kappa shape index (κ2) is 14.3. The average molecular weight is 550 g/mol. The molecule has 40 heavy (non-hydrogen) atoms. The molecule has 2 aliphatic rings. The molecule has 0 spiro atoms. The topological polar surface area (TPSA) is 109 Å². The molecule has 1 saturated heterocycles. The third kappa shape index (κ3) is 8.54. The first-order valence-corrected chi connectivity index (χ1v) is 13.9. The minimum absolute atomic E-state index is 0.0234. The molecule has 0 radical (unpaired) electrons. The monoisotopic (exact) mass is 549 g/mol. The van der Waals surface area contributed by atoms with Gasteiger partial charge in [0.05, 0.1) is 31.5 Å². The van der Waals surface area contributed by atoms with E-state index in [0.29, 0.717) is 38.5 Å². The average Bonchev–Trinajstić information content (AvgIpc) is 3.28. The molecule has 0 bridgehead atoms. The molecule has 3 N–H and O–H groups in total. The number of hydrogen-bond donors (Lipinski definition) is 3. The lowest BCUT2D eigenvalue weighted by atomic mass is 10.0. The van der Waals surface area contributed by atoms with Crippen LogP contribution in [-0.2, 0) is 20.9 Å². The minimum Gasteiger partial charge on any atom is -0.463 e. The lowest BCUT2D eigenvalue weighted by molar-refractivity contribution is -0.180. The van der Waals surface area contributed by atoms with E-state index in [1.807, 2.05) is 38.1 Å². The maximum Gasteiger partial charge on any atom is 0.329 e. The lowest BCUT2D eigenvalue weighted by Crippen LogP contribution is -2.35. The number of fused-ring (bicyclic) bond motifs is 1. The Morgan fingerprint density at radius 3 is 2.80 bits per heavy atom. The number of ether oxygens (including phenoxy) is 3. The van der Waals surface area contributed by atoms with Gasteiger partial charge in [0.15, 0.2) is 0 Å². The van der Waals surface area contributed by atoms with Gasteiger partial charge in [0.1, 0.15) is 5.75 Å². The van der Waals surface area contributed by atoms with Crippen LogP contribution in [0.5, 0.6) is 5.75 Å². The molecule has 214 valence electrons. The summed E-state index contributed by atoms with van der Waals surface area (Å²) in [6, 6.07) is 12.5. The van der Waals surface area contributed by atoms with Gasteiger partial charge < -0.3 is 30.0 Å². The van der Waals surface area contributed by atoms with Crippen LogP contribution in [-0.4, -0.2) is 55.7 Å². The number of carbonyl (C=O) groups excluding carboxylic acids is 2. The van der Waals surface area contributed by atoms with Gasteiger partial charge in [0.2, 0.25) is 5.79 Å². The van der Waals surface area contributed by atoms with Gasteiger partial charge in [-0.25, -0.2) is 9.69 Å². The molecule has 0 aromatic heterocycles. The largest absolute Gasteiger partial charge is 0.463 e. The van der Waals surface area contributed by atoms with Crippen molar-refractivity contribution in [3.05, 3.63) is 59.2 Å². The summed E-state index contributed by atoms with van der Waals surface area (Å²) in [6.07, 6.45) is 4.28. The molecule has 2 aromatic rings. The number of nitrogens with one attached hydrogen (secondary N) is 2. The van der Waals surface area contributed by atoms with E-state index in [-0.39, 0.29) is 12.5 Å². The molecule has 2 heterocycles. The fourth-order valence-corrected chi connectivity index (χ4v) is 4.53. The van der Waals surface area contributed by atoms with Crippen molar-refractivity contribution in [3.8, 4) is 17.6 Å². The van der Waals surface area contributed by atoms with Crippen molar-refractivity contribution in [1.82, 2.24) is 10.6 Å². The van der Waals surface area contributed by atoms with Crippen LogP contribution in [0.4, 0.5) is 10.5 Å². The number of urea groups is 1. The van der Waals surface area contributed by atoms with E-state index in [0.717, 1.165) is 59.6 Å². The van der Waals surface area contributed by atoms with Crippen molar-refractivity contribution in [3.63, 3.8) is 0 Å². The van der Waals surface area contributed by atoms with Crippen LogP contribution in [0, 0.1) is 11.8 Å². The first-order valence-electron chi connectivity index (χ1n) is 13.9. The zero-order chi connectivity index (χ0) is 28.4. The Balaban J connectivity index is 1.01. The summed E-state index contributed by atoms with van der Waals surface area (Å²) >= 11 is 0. The van der Waals surface area contributed by atoms with Crippen molar-refractivity contribution < 1.29 is 28.9 Å². The number of hydrogen-bond acceptors (Lipinski definition) is 7. The highest BCUT2D eigenvalue weighted by molar-refractivity contribution is 6.19. The van der Waals surface area contributed by atoms with Gasteiger partial charge in [-0.3, -0.25) is 4.79 Å². The van der Waals surface area contributed by atoms with Crippen molar-refractivity contribution in [2.75, 3.05) is 37.7 Å². The predicted molar refractivity (Wildman–Crippen MR) is 152 cm³/mol. The molecule has 4 rings (SSSR count). The number of anilines is 1. The maximum absolute atomic E-state index is 11.9. The molecule has 1 atom stereocenters. The zero-order valence-corrected chi connectivity index (χ0v) is 23.3. The molecule has 0 unspecified atom stereocenters. The number of aliphatic hydroxyl groups excluding tert-OH is 1. The molecular weight excluding hydrogens is 510 g/mol. The van der Waals surface area contributed by atoms with E-state index in [1.54, 1.807) is 18.2 Å². The van der Waals surface area contributed by atoms with Crippen molar-refractivity contribution in [1.29, 1.82) is 0 Å². The second-order valence-corrected chi connectivity index (χ2v) is 10.4. The highest BCUT2D eigenvalue weighted by Gasteiger charge is 2.30. The summed E-state index contributed by atoms with van der Waals surface area (Å²) in [6.45, 7) is 6.92. The number of benzene rings is 2. The Morgan fingerprint density at radius 1 is 1.12 bits per heavy atom. The van der Waals surface area contributed by atoms with Gasteiger partial charge >= 0.3 is 6.03 Å². The zero-order valence-electron chi connectivity index (χ0n) is 23.3. The molecule has 1 fully saturated rings. The Morgan fingerprint density at radius 2 is 1.98 bits per heavy atom. The number of aliphatic hydroxyl groups is 1. The summed E-state index contributed by atoms with van der Waals surface area (Å²) in [5.74, 6) is 6.08. The fourth-order valence-electron chi connectivity index (χ4n) is 4.53. The molecule has 0 saturated carbocycles. The lowest BCUT2D eigenvalue weighted by Gasteiger charge is -2.33. The molecule has 9 nitrogen and oxygen atoms in total. The number of carbonyl (C=O) groups is 2. The van der Waals surface area contributed by atoms with Crippen LogP contribution in [0.2, 0.25) is 0 Å². The van der Waals surface area contributed by atoms with Gasteiger partial charge in [-0.05, 0) is 55.3 Å². The van der Waals surface area contributed by atoms with Crippen LogP contribution < -0.4 is 20.3 Å². The summed E-state index contributed by atoms with van der Waals surface area (Å²) in [5, 5.41) is 16.4. The van der Waals surface area contributed by atoms with E-state index < -0.39 is 17.9 Å². The van der Waals surface area contributed by atoms with Gasteiger partial charge in [-0.2, -0.15) is 0 Å². The summed E-state index contributed by atoms with van der Waals surface area (Å²) in [5.41, 5.74) is 3.10.